The maximum Gasteiger partial charge on any atom is 0.435 e. The lowest BCUT2D eigenvalue weighted by Crippen LogP contribution is -2.27. The fourth-order valence-corrected chi connectivity index (χ4v) is 7.90. The van der Waals surface area contributed by atoms with E-state index in [4.69, 9.17) is 4.74 Å². The number of H-pyrrole nitrogens is 4. The van der Waals surface area contributed by atoms with Crippen LogP contribution in [0.15, 0.2) is 200 Å². The number of hydrogen-bond acceptors (Lipinski definition) is 19. The summed E-state index contributed by atoms with van der Waals surface area (Å²) in [5, 5.41) is 44.2. The van der Waals surface area contributed by atoms with Crippen LogP contribution in [0.4, 0.5) is 4.79 Å². The van der Waals surface area contributed by atoms with Gasteiger partial charge in [-0.3, -0.25) is 29.0 Å². The SMILES string of the molecule is CC(=O)n1cc(C)cn1.CC1C=CN=[N+]1C.CCn1cc(C)cn1.Cc1cc[nH]c1.Cc1ccn(C)n1.Cc1ccn[nH]1.Cc1cn(C)cn1.Cc1cn(C)cn1.Cc1cn[nH]c1.Cc1cnc[nH]1.Cc1cnn(C(=O)OC(C)(C)C)c1.Cc1cnn(C)c1.Cc1cscc1C.Cc1ncon1.Cn1ccnc1. The van der Waals surface area contributed by atoms with Crippen molar-refractivity contribution in [1.82, 2.24) is 123 Å². The largest absolute Gasteiger partial charge is 0.442 e. The Bertz CT molecular complexity index is 4000. The number of hydrogen-bond donors (Lipinski definition) is 4. The average Bonchev–Trinajstić information content (AvgIpc) is 1.68. The highest BCUT2D eigenvalue weighted by Gasteiger charge is 2.18. The van der Waals surface area contributed by atoms with Crippen molar-refractivity contribution in [3.8, 4) is 0 Å². The highest BCUT2D eigenvalue weighted by atomic mass is 32.1. The minimum atomic E-state index is -0.475. The summed E-state index contributed by atoms with van der Waals surface area (Å²) in [5.41, 5.74) is 14.6. The Balaban J connectivity index is 0.000000581. The maximum absolute atomic E-state index is 11.4. The normalized spacial score (nSPS) is 10.7. The fourth-order valence-electron chi connectivity index (χ4n) is 7.05. The molecule has 0 saturated heterocycles. The number of imidazole rings is 4. The van der Waals surface area contributed by atoms with Gasteiger partial charge in [-0.05, 0) is 203 Å². The molecule has 1 aliphatic heterocycles. The minimum absolute atomic E-state index is 0.0527. The van der Waals surface area contributed by atoms with E-state index in [1.54, 1.807) is 103 Å². The lowest BCUT2D eigenvalue weighted by molar-refractivity contribution is -0.578. The van der Waals surface area contributed by atoms with Crippen molar-refractivity contribution < 1.29 is 23.5 Å². The highest BCUT2D eigenvalue weighted by molar-refractivity contribution is 7.08. The van der Waals surface area contributed by atoms with Crippen LogP contribution in [0.1, 0.15) is 125 Å². The van der Waals surface area contributed by atoms with Gasteiger partial charge in [-0.1, -0.05) is 5.16 Å². The van der Waals surface area contributed by atoms with E-state index in [2.05, 4.69) is 147 Å². The van der Waals surface area contributed by atoms with Crippen LogP contribution in [-0.4, -0.2) is 158 Å². The molecule has 1 atom stereocenters. The molecule has 14 aromatic heterocycles. The molecule has 14 aromatic rings. The molecule has 1 aliphatic rings. The van der Waals surface area contributed by atoms with E-state index in [0.29, 0.717) is 11.9 Å². The maximum atomic E-state index is 11.4. The smallest absolute Gasteiger partial charge is 0.435 e. The molecule has 0 amide bonds. The van der Waals surface area contributed by atoms with Crippen LogP contribution in [0.3, 0.4) is 0 Å². The van der Waals surface area contributed by atoms with Gasteiger partial charge in [0.15, 0.2) is 18.9 Å². The number of nitrogens with zero attached hydrogens (tertiary/aromatic N) is 23. The molecule has 0 fully saturated rings. The molecular weight excluding hydrogens is 1390 g/mol. The Morgan fingerprint density at radius 2 is 1.20 bits per heavy atom. The standard InChI is InChI=1S/C9H14N2O2.C6H8N2O.C6H10N2.C6H8S.4C5H8N2.C5H9N2.C5H7N.4C4H6N2.C3H4N2O/c1-7-5-10-11(6-7)8(12)13-9(2,3)4;1-5-3-7-8(4-5)6(2)9;1-3-8-5-6(2)4-7-8;1-5-3-7-4-6(5)2;2*1-5-3-7(2)4-6-5;1-5-3-6-7(2)4-5;1-5-3-4-7(2)6-5;1-5-3-4-6-7(5)2;1-5-2-3-6-4-5;1-4-2-5-3-6-4;1-4-2-5-6-3-4;1-6-3-2-5-4-6;1-4-2-3-5-6-4;1-3-4-2-6-5-3/h5-6H,1-4H3;3-4H,1-2H3;4-5H,3H2,1-2H3;5*3-4H,1-2H3;3-5H,1-2H3;2-4,6H,1H3;2*2-3H,1H3,(H,5,6);2-4H,1H3;2-3H,1H3,(H,5,6);2H,1H3/q;;;;;;;;+1;;;;;;. The number of aryl methyl sites for hydroxylation is 20. The van der Waals surface area contributed by atoms with Gasteiger partial charge in [0.25, 0.3) is 0 Å². The van der Waals surface area contributed by atoms with Crippen LogP contribution in [0.2, 0.25) is 0 Å². The van der Waals surface area contributed by atoms with E-state index in [0.717, 1.165) is 46.1 Å². The van der Waals surface area contributed by atoms with E-state index in [1.807, 2.05) is 248 Å². The second kappa shape index (κ2) is 53.6. The first-order chi connectivity index (χ1) is 51.0. The number of thiophene rings is 1. The van der Waals surface area contributed by atoms with Gasteiger partial charge in [0.2, 0.25) is 12.3 Å². The number of ether oxygens (including phenoxy) is 1. The van der Waals surface area contributed by atoms with Crippen molar-refractivity contribution in [2.75, 3.05) is 7.05 Å². The third kappa shape index (κ3) is 49.5. The average molecular weight is 1500 g/mol. The van der Waals surface area contributed by atoms with Crippen molar-refractivity contribution in [3.05, 3.63) is 269 Å². The van der Waals surface area contributed by atoms with Gasteiger partial charge in [0, 0.05) is 160 Å². The van der Waals surface area contributed by atoms with Crippen molar-refractivity contribution in [2.24, 2.45) is 40.4 Å². The lowest BCUT2D eigenvalue weighted by Gasteiger charge is -2.18. The Hall–Kier alpha value is -12.1. The number of carbonyl (C=O) groups is 2. The van der Waals surface area contributed by atoms with Gasteiger partial charge >= 0.3 is 6.09 Å². The van der Waals surface area contributed by atoms with E-state index >= 15 is 0 Å². The topological polar surface area (TPSA) is 342 Å². The zero-order valence-electron chi connectivity index (χ0n) is 68.0. The van der Waals surface area contributed by atoms with Crippen LogP contribution < -0.4 is 0 Å². The molecule has 0 aromatic carbocycles. The molecule has 584 valence electrons. The molecule has 4 N–H and O–H groups in total. The molecule has 15 heterocycles. The number of aromatic amines is 4. The first-order valence-corrected chi connectivity index (χ1v) is 35.2. The number of azo groups is 2. The number of carbonyl (C=O) groups excluding carboxylic acids is 2. The van der Waals surface area contributed by atoms with Gasteiger partial charge in [0.05, 0.1) is 79.6 Å². The fraction of sp³-hybridized carbons (Fsp3) is 0.382. The molecule has 0 spiro atoms. The summed E-state index contributed by atoms with van der Waals surface area (Å²) >= 11 is 1.77. The van der Waals surface area contributed by atoms with E-state index in [-0.39, 0.29) is 5.91 Å². The predicted octanol–water partition coefficient (Wildman–Crippen LogP) is 14.6. The molecular formula is C76H116N27O4S+. The Morgan fingerprint density at radius 3 is 1.38 bits per heavy atom. The lowest BCUT2D eigenvalue weighted by atomic mass is 10.2. The zero-order valence-corrected chi connectivity index (χ0v) is 68.8. The Kier molecular flexibility index (Phi) is 46.7. The van der Waals surface area contributed by atoms with Gasteiger partial charge in [0.1, 0.15) is 5.60 Å². The third-order valence-electron chi connectivity index (χ3n) is 12.8. The van der Waals surface area contributed by atoms with Crippen LogP contribution in [-0.2, 0) is 46.5 Å². The number of rotatable bonds is 1. The molecule has 0 aliphatic carbocycles. The molecule has 108 heavy (non-hydrogen) atoms. The summed E-state index contributed by atoms with van der Waals surface area (Å²) in [6, 6.07) is 6.42. The summed E-state index contributed by atoms with van der Waals surface area (Å²) in [4.78, 5) is 46.9. The van der Waals surface area contributed by atoms with Crippen LogP contribution >= 0.6 is 11.3 Å². The van der Waals surface area contributed by atoms with Crippen molar-refractivity contribution in [1.29, 1.82) is 0 Å². The van der Waals surface area contributed by atoms with Gasteiger partial charge in [-0.25, -0.2) is 29.4 Å². The molecule has 0 saturated carbocycles. The van der Waals surface area contributed by atoms with Gasteiger partial charge in [-0.2, -0.15) is 56.7 Å². The molecule has 32 heteroatoms. The molecule has 15 rings (SSSR count). The Morgan fingerprint density at radius 1 is 0.602 bits per heavy atom. The molecule has 31 nitrogen and oxygen atoms in total. The first-order valence-electron chi connectivity index (χ1n) is 34.3. The summed E-state index contributed by atoms with van der Waals surface area (Å²) in [5.74, 6) is 0.623. The summed E-state index contributed by atoms with van der Waals surface area (Å²) in [6.07, 6.45) is 46.5. The van der Waals surface area contributed by atoms with Crippen LogP contribution in [0, 0.1) is 96.9 Å². The summed E-state index contributed by atoms with van der Waals surface area (Å²) in [6.45, 7) is 39.8. The molecule has 1 unspecified atom stereocenters. The number of likely N-dealkylation sites (N-methyl/N-ethyl adjacent to an activating group) is 1. The quantitative estimate of drug-likeness (QED) is 0.111. The first kappa shape index (κ1) is 93.9. The van der Waals surface area contributed by atoms with Crippen LogP contribution in [0.5, 0.6) is 0 Å². The number of aromatic nitrogens is 25. The molecule has 0 bridgehead atoms. The van der Waals surface area contributed by atoms with E-state index in [9.17, 15) is 9.59 Å². The Labute approximate surface area is 640 Å². The second-order valence-electron chi connectivity index (χ2n) is 25.3. The summed E-state index contributed by atoms with van der Waals surface area (Å²) < 4.78 is 25.1. The van der Waals surface area contributed by atoms with Gasteiger partial charge in [-0.15, -0.1) is 4.70 Å². The van der Waals surface area contributed by atoms with Gasteiger partial charge < -0.3 is 32.9 Å². The highest BCUT2D eigenvalue weighted by Crippen LogP contribution is 2.11. The van der Waals surface area contributed by atoms with E-state index in [1.165, 1.54) is 56.1 Å². The minimum Gasteiger partial charge on any atom is -0.442 e. The van der Waals surface area contributed by atoms with Crippen molar-refractivity contribution >= 4 is 23.3 Å². The monoisotopic (exact) mass is 1500 g/mol. The zero-order chi connectivity index (χ0) is 81.0. The van der Waals surface area contributed by atoms with Crippen LogP contribution in [0.25, 0.3) is 0 Å². The summed E-state index contributed by atoms with van der Waals surface area (Å²) in [7, 11) is 11.6. The second-order valence-corrected chi connectivity index (χ2v) is 26.1. The van der Waals surface area contributed by atoms with E-state index < -0.39 is 11.7 Å². The molecule has 0 radical (unpaired) electrons. The van der Waals surface area contributed by atoms with Crippen molar-refractivity contribution in [2.45, 2.75) is 157 Å². The van der Waals surface area contributed by atoms with Crippen molar-refractivity contribution in [3.63, 3.8) is 0 Å². The third-order valence-corrected chi connectivity index (χ3v) is 13.8. The number of nitrogens with one attached hydrogen (secondary N) is 4. The predicted molar refractivity (Wildman–Crippen MR) is 425 cm³/mol.